The molecule has 0 saturated carbocycles. The van der Waals surface area contributed by atoms with Crippen molar-refractivity contribution in [2.24, 2.45) is 0 Å². The van der Waals surface area contributed by atoms with Crippen molar-refractivity contribution in [2.75, 3.05) is 72.0 Å². The van der Waals surface area contributed by atoms with Gasteiger partial charge >= 0.3 is 23.9 Å². The van der Waals surface area contributed by atoms with Crippen LogP contribution in [0.15, 0.2) is 24.3 Å². The Kier molecular flexibility index (Phi) is 11.3. The molecule has 4 N–H and O–H groups in total. The van der Waals surface area contributed by atoms with Crippen LogP contribution in [0.3, 0.4) is 0 Å². The normalized spacial score (nSPS) is 18.3. The number of hydrogen-bond donors (Lipinski definition) is 4. The molecule has 1 aromatic carbocycles. The minimum Gasteiger partial charge on any atom is -0.480 e. The molecule has 0 aromatic heterocycles. The van der Waals surface area contributed by atoms with Crippen molar-refractivity contribution >= 4 is 29.6 Å². The maximum atomic E-state index is 12.3. The Labute approximate surface area is 212 Å². The monoisotopic (exact) mass is 525 g/mol. The molecule has 15 heteroatoms. The average molecular weight is 526 g/mol. The van der Waals surface area contributed by atoms with Crippen LogP contribution >= 0.6 is 0 Å². The Morgan fingerprint density at radius 1 is 0.703 bits per heavy atom. The number of rotatable bonds is 10. The summed E-state index contributed by atoms with van der Waals surface area (Å²) in [6, 6.07) is 3.88. The molecule has 0 amide bonds. The summed E-state index contributed by atoms with van der Waals surface area (Å²) in [5.41, 5.74) is 0.0835. The predicted octanol–water partition coefficient (Wildman–Crippen LogP) is -0.804. The molecule has 1 unspecified atom stereocenters. The zero-order chi connectivity index (χ0) is 27.5. The number of nitro benzene ring substituents is 1. The van der Waals surface area contributed by atoms with Gasteiger partial charge in [0.1, 0.15) is 6.04 Å². The molecule has 1 aliphatic heterocycles. The Morgan fingerprint density at radius 3 is 1.35 bits per heavy atom. The molecule has 204 valence electrons. The van der Waals surface area contributed by atoms with Gasteiger partial charge in [0, 0.05) is 64.5 Å². The topological polar surface area (TPSA) is 205 Å². The van der Waals surface area contributed by atoms with Crippen molar-refractivity contribution in [3.63, 3.8) is 0 Å². The lowest BCUT2D eigenvalue weighted by molar-refractivity contribution is -0.384. The predicted molar refractivity (Wildman–Crippen MR) is 127 cm³/mol. The van der Waals surface area contributed by atoms with Crippen molar-refractivity contribution in [2.45, 2.75) is 6.04 Å². The molecule has 0 aliphatic carbocycles. The van der Waals surface area contributed by atoms with E-state index in [0.29, 0.717) is 0 Å². The first-order chi connectivity index (χ1) is 17.5. The van der Waals surface area contributed by atoms with Crippen molar-refractivity contribution in [1.82, 2.24) is 19.6 Å². The fraction of sp³-hybridized carbons (Fsp3) is 0.545. The van der Waals surface area contributed by atoms with E-state index < -0.39 is 34.8 Å². The number of carboxylic acid groups (broad SMARTS) is 4. The second-order valence-electron chi connectivity index (χ2n) is 8.64. The lowest BCUT2D eigenvalue weighted by atomic mass is 10.0. The maximum absolute atomic E-state index is 12.3. The largest absolute Gasteiger partial charge is 0.480 e. The highest BCUT2D eigenvalue weighted by atomic mass is 16.6. The number of carboxylic acids is 4. The molecule has 1 fully saturated rings. The third-order valence-corrected chi connectivity index (χ3v) is 5.97. The van der Waals surface area contributed by atoms with E-state index >= 15 is 0 Å². The number of benzene rings is 1. The first-order valence-electron chi connectivity index (χ1n) is 11.5. The molecule has 1 aromatic rings. The molecular formula is C22H31N5O10. The first kappa shape index (κ1) is 29.6. The van der Waals surface area contributed by atoms with Crippen LogP contribution in [0, 0.1) is 10.1 Å². The Morgan fingerprint density at radius 2 is 1.05 bits per heavy atom. The van der Waals surface area contributed by atoms with Crippen LogP contribution in [0.4, 0.5) is 5.69 Å². The lowest BCUT2D eigenvalue weighted by Gasteiger charge is -2.35. The number of nitro groups is 1. The summed E-state index contributed by atoms with van der Waals surface area (Å²) in [4.78, 5) is 63.1. The first-order valence-corrected chi connectivity index (χ1v) is 11.5. The molecule has 1 heterocycles. The van der Waals surface area contributed by atoms with E-state index in [2.05, 4.69) is 0 Å². The highest BCUT2D eigenvalue weighted by Gasteiger charge is 2.29. The quantitative estimate of drug-likeness (QED) is 0.218. The summed E-state index contributed by atoms with van der Waals surface area (Å²) in [5.74, 6) is -4.48. The molecule has 0 bridgehead atoms. The van der Waals surface area contributed by atoms with Gasteiger partial charge in [0.2, 0.25) is 0 Å². The van der Waals surface area contributed by atoms with Crippen molar-refractivity contribution in [1.29, 1.82) is 0 Å². The van der Waals surface area contributed by atoms with Crippen molar-refractivity contribution in [3.05, 3.63) is 39.9 Å². The van der Waals surface area contributed by atoms with Crippen LogP contribution in [-0.4, -0.2) is 141 Å². The fourth-order valence-corrected chi connectivity index (χ4v) is 4.15. The van der Waals surface area contributed by atoms with Gasteiger partial charge in [-0.3, -0.25) is 48.9 Å². The lowest BCUT2D eigenvalue weighted by Crippen LogP contribution is -2.49. The smallest absolute Gasteiger partial charge is 0.325 e. The summed E-state index contributed by atoms with van der Waals surface area (Å²) >= 11 is 0. The molecule has 1 atom stereocenters. The Balaban J connectivity index is 2.36. The second-order valence-corrected chi connectivity index (χ2v) is 8.64. The molecule has 1 aliphatic rings. The van der Waals surface area contributed by atoms with Crippen molar-refractivity contribution in [3.8, 4) is 0 Å². The summed E-state index contributed by atoms with van der Waals surface area (Å²) in [6.45, 7) is 0.326. The minimum atomic E-state index is -1.22. The third-order valence-electron chi connectivity index (χ3n) is 5.97. The molecule has 0 spiro atoms. The Bertz CT molecular complexity index is 941. The van der Waals surface area contributed by atoms with E-state index in [1.807, 2.05) is 0 Å². The van der Waals surface area contributed by atoms with Gasteiger partial charge in [0.05, 0.1) is 24.6 Å². The van der Waals surface area contributed by atoms with Gasteiger partial charge in [-0.25, -0.2) is 0 Å². The van der Waals surface area contributed by atoms with Gasteiger partial charge in [-0.1, -0.05) is 12.1 Å². The molecule has 37 heavy (non-hydrogen) atoms. The van der Waals surface area contributed by atoms with Gasteiger partial charge in [-0.2, -0.15) is 0 Å². The van der Waals surface area contributed by atoms with Crippen LogP contribution in [0.5, 0.6) is 0 Å². The van der Waals surface area contributed by atoms with Gasteiger partial charge in [0.15, 0.2) is 0 Å². The third kappa shape index (κ3) is 10.1. The highest BCUT2D eigenvalue weighted by molar-refractivity contribution is 5.75. The number of nitrogens with zero attached hydrogens (tertiary/aromatic N) is 5. The summed E-state index contributed by atoms with van der Waals surface area (Å²) in [6.07, 6.45) is 0. The SMILES string of the molecule is O=C(O)CN1CCN(CC(=O)O)CCN(C(C(=O)O)c2ccc([N+](=O)[O-])cc2)CCN(CC(=O)O)CC1. The van der Waals surface area contributed by atoms with Crippen LogP contribution in [-0.2, 0) is 19.2 Å². The van der Waals surface area contributed by atoms with Gasteiger partial charge in [-0.15, -0.1) is 0 Å². The summed E-state index contributed by atoms with van der Waals surface area (Å²) in [5, 5.41) is 48.9. The van der Waals surface area contributed by atoms with E-state index in [1.165, 1.54) is 24.3 Å². The van der Waals surface area contributed by atoms with Crippen LogP contribution in [0.2, 0.25) is 0 Å². The van der Waals surface area contributed by atoms with Crippen LogP contribution in [0.1, 0.15) is 11.6 Å². The average Bonchev–Trinajstić information content (AvgIpc) is 2.79. The van der Waals surface area contributed by atoms with Crippen LogP contribution < -0.4 is 0 Å². The zero-order valence-electron chi connectivity index (χ0n) is 20.1. The van der Waals surface area contributed by atoms with Gasteiger partial charge in [-0.05, 0) is 5.56 Å². The molecule has 1 saturated heterocycles. The fourth-order valence-electron chi connectivity index (χ4n) is 4.15. The van der Waals surface area contributed by atoms with Gasteiger partial charge < -0.3 is 20.4 Å². The van der Waals surface area contributed by atoms with Crippen LogP contribution in [0.25, 0.3) is 0 Å². The van der Waals surface area contributed by atoms with E-state index in [1.54, 1.807) is 19.6 Å². The number of hydrogen-bond acceptors (Lipinski definition) is 10. The van der Waals surface area contributed by atoms with E-state index in [0.717, 1.165) is 0 Å². The van der Waals surface area contributed by atoms with E-state index in [4.69, 9.17) is 0 Å². The summed E-state index contributed by atoms with van der Waals surface area (Å²) < 4.78 is 0. The Hall–Kier alpha value is -3.66. The maximum Gasteiger partial charge on any atom is 0.325 e. The van der Waals surface area contributed by atoms with E-state index in [-0.39, 0.29) is 83.2 Å². The molecular weight excluding hydrogens is 494 g/mol. The van der Waals surface area contributed by atoms with Crippen molar-refractivity contribution < 1.29 is 44.5 Å². The second kappa shape index (κ2) is 14.2. The molecule has 2 rings (SSSR count). The number of carbonyl (C=O) groups is 4. The molecule has 0 radical (unpaired) electrons. The highest BCUT2D eigenvalue weighted by Crippen LogP contribution is 2.24. The number of non-ortho nitro benzene ring substituents is 1. The number of aliphatic carboxylic acids is 4. The summed E-state index contributed by atoms with van der Waals surface area (Å²) in [7, 11) is 0. The molecule has 15 nitrogen and oxygen atoms in total. The zero-order valence-corrected chi connectivity index (χ0v) is 20.1. The standard InChI is InChI=1S/C22H31N5O10/c28-18(29)13-23-5-7-24(14-19(30)31)9-11-26(12-10-25(8-6-23)15-20(32)33)21(22(34)35)16-1-3-17(4-2-16)27(36)37/h1-4,21H,5-15H2,(H,28,29)(H,30,31)(H,32,33)(H,34,35). The minimum absolute atomic E-state index is 0.0983. The van der Waals surface area contributed by atoms with E-state index in [9.17, 15) is 49.7 Å². The van der Waals surface area contributed by atoms with Gasteiger partial charge in [0.25, 0.3) is 5.69 Å².